The van der Waals surface area contributed by atoms with E-state index in [0.717, 1.165) is 0 Å². The number of aliphatic hydroxyl groups is 1. The summed E-state index contributed by atoms with van der Waals surface area (Å²) in [5.74, 6) is -0.687. The molecule has 0 spiro atoms. The van der Waals surface area contributed by atoms with Crippen LogP contribution in [0.4, 0.5) is 4.39 Å². The summed E-state index contributed by atoms with van der Waals surface area (Å²) in [7, 11) is 0. The minimum Gasteiger partial charge on any atom is -0.508 e. The molecular weight excluding hydrogens is 396 g/mol. The number of hydrogen-bond donors (Lipinski definition) is 1. The molecule has 134 valence electrons. The lowest BCUT2D eigenvalue weighted by molar-refractivity contribution is 0.512. The molecular formula is C20H15Cl3FNO. The third-order valence-corrected chi connectivity index (χ3v) is 4.88. The number of halogens is 4. The first-order chi connectivity index (χ1) is 12.2. The fourth-order valence-corrected chi connectivity index (χ4v) is 3.69. The second-order valence-corrected chi connectivity index (χ2v) is 7.51. The molecule has 0 bridgehead atoms. The van der Waals surface area contributed by atoms with Gasteiger partial charge in [-0.25, -0.2) is 4.39 Å². The lowest BCUT2D eigenvalue weighted by Gasteiger charge is -2.19. The SMILES string of the molecule is C=C(O)c1c(C(C)C)nc2c(Cl)cc(Cl)cc2c1-c1ccc(F)c(Cl)c1. The largest absolute Gasteiger partial charge is 0.508 e. The van der Waals surface area contributed by atoms with Gasteiger partial charge in [0.05, 0.1) is 21.3 Å². The van der Waals surface area contributed by atoms with Gasteiger partial charge in [0.15, 0.2) is 0 Å². The number of fused-ring (bicyclic) bond motifs is 1. The smallest absolute Gasteiger partial charge is 0.141 e. The van der Waals surface area contributed by atoms with E-state index in [1.165, 1.54) is 12.1 Å². The van der Waals surface area contributed by atoms with Gasteiger partial charge in [-0.05, 0) is 35.7 Å². The zero-order chi connectivity index (χ0) is 19.2. The summed E-state index contributed by atoms with van der Waals surface area (Å²) in [6.07, 6.45) is 0. The van der Waals surface area contributed by atoms with E-state index in [1.54, 1.807) is 18.2 Å². The summed E-state index contributed by atoms with van der Waals surface area (Å²) in [4.78, 5) is 4.64. The van der Waals surface area contributed by atoms with Gasteiger partial charge < -0.3 is 5.11 Å². The Balaban J connectivity index is 2.56. The zero-order valence-electron chi connectivity index (χ0n) is 14.1. The highest BCUT2D eigenvalue weighted by atomic mass is 35.5. The van der Waals surface area contributed by atoms with Gasteiger partial charge in [0.25, 0.3) is 0 Å². The van der Waals surface area contributed by atoms with Crippen molar-refractivity contribution in [3.63, 3.8) is 0 Å². The van der Waals surface area contributed by atoms with E-state index < -0.39 is 5.82 Å². The second-order valence-electron chi connectivity index (χ2n) is 6.26. The molecule has 0 radical (unpaired) electrons. The van der Waals surface area contributed by atoms with E-state index in [9.17, 15) is 9.50 Å². The van der Waals surface area contributed by atoms with Gasteiger partial charge in [-0.15, -0.1) is 0 Å². The molecule has 0 atom stereocenters. The van der Waals surface area contributed by atoms with Crippen molar-refractivity contribution in [3.8, 4) is 11.1 Å². The molecule has 0 unspecified atom stereocenters. The van der Waals surface area contributed by atoms with E-state index in [-0.39, 0.29) is 16.7 Å². The predicted octanol–water partition coefficient (Wildman–Crippen LogP) is 7.65. The Hall–Kier alpha value is -1.81. The molecule has 0 fully saturated rings. The summed E-state index contributed by atoms with van der Waals surface area (Å²) < 4.78 is 13.7. The van der Waals surface area contributed by atoms with Crippen LogP contribution in [-0.2, 0) is 0 Å². The van der Waals surface area contributed by atoms with Gasteiger partial charge in [-0.3, -0.25) is 4.98 Å². The standard InChI is InChI=1S/C20H15Cl3FNO/c1-9(2)19-17(10(3)26)18(11-4-5-16(24)14(22)6-11)13-7-12(21)8-15(23)20(13)25-19/h4-9,26H,3H2,1-2H3. The number of nitrogens with zero attached hydrogens (tertiary/aromatic N) is 1. The van der Waals surface area contributed by atoms with Crippen LogP contribution in [0.2, 0.25) is 15.1 Å². The molecule has 3 aromatic rings. The van der Waals surface area contributed by atoms with Crippen LogP contribution in [0.15, 0.2) is 36.9 Å². The molecule has 1 N–H and O–H groups in total. The molecule has 0 saturated carbocycles. The molecule has 1 heterocycles. The Kier molecular flexibility index (Phi) is 5.16. The first-order valence-electron chi connectivity index (χ1n) is 7.87. The number of aliphatic hydroxyl groups excluding tert-OH is 1. The quantitative estimate of drug-likeness (QED) is 0.450. The summed E-state index contributed by atoms with van der Waals surface area (Å²) in [5, 5.41) is 11.7. The van der Waals surface area contributed by atoms with E-state index in [0.29, 0.717) is 43.3 Å². The third kappa shape index (κ3) is 3.27. The minimum absolute atomic E-state index is 0.0142. The molecule has 6 heteroatoms. The van der Waals surface area contributed by atoms with E-state index in [2.05, 4.69) is 11.6 Å². The first-order valence-corrected chi connectivity index (χ1v) is 9.00. The number of aromatic nitrogens is 1. The van der Waals surface area contributed by atoms with Crippen LogP contribution in [0.25, 0.3) is 27.8 Å². The highest BCUT2D eigenvalue weighted by Crippen LogP contribution is 2.41. The number of pyridine rings is 1. The molecule has 26 heavy (non-hydrogen) atoms. The van der Waals surface area contributed by atoms with Crippen LogP contribution in [0.1, 0.15) is 31.0 Å². The van der Waals surface area contributed by atoms with E-state index >= 15 is 0 Å². The van der Waals surface area contributed by atoms with Crippen molar-refractivity contribution in [2.75, 3.05) is 0 Å². The second kappa shape index (κ2) is 7.07. The number of benzene rings is 2. The van der Waals surface area contributed by atoms with E-state index in [4.69, 9.17) is 34.8 Å². The Labute approximate surface area is 165 Å². The first kappa shape index (κ1) is 19.0. The molecule has 0 aliphatic carbocycles. The van der Waals surface area contributed by atoms with Crippen molar-refractivity contribution in [2.24, 2.45) is 0 Å². The Morgan fingerprint density at radius 3 is 2.38 bits per heavy atom. The number of hydrogen-bond acceptors (Lipinski definition) is 2. The fraction of sp³-hybridized carbons (Fsp3) is 0.150. The van der Waals surface area contributed by atoms with Crippen molar-refractivity contribution in [3.05, 3.63) is 69.1 Å². The zero-order valence-corrected chi connectivity index (χ0v) is 16.3. The summed E-state index contributed by atoms with van der Waals surface area (Å²) in [5.41, 5.74) is 2.85. The van der Waals surface area contributed by atoms with Crippen LogP contribution in [0, 0.1) is 5.82 Å². The number of rotatable bonds is 3. The van der Waals surface area contributed by atoms with Crippen LogP contribution in [0.3, 0.4) is 0 Å². The molecule has 0 aliphatic rings. The maximum Gasteiger partial charge on any atom is 0.141 e. The van der Waals surface area contributed by atoms with Crippen LogP contribution in [-0.4, -0.2) is 10.1 Å². The Bertz CT molecular complexity index is 1050. The fourth-order valence-electron chi connectivity index (χ4n) is 2.97. The van der Waals surface area contributed by atoms with Gasteiger partial charge in [0, 0.05) is 21.5 Å². The molecule has 0 amide bonds. The molecule has 0 aliphatic heterocycles. The Morgan fingerprint density at radius 1 is 1.12 bits per heavy atom. The minimum atomic E-state index is -0.529. The highest BCUT2D eigenvalue weighted by molar-refractivity contribution is 6.39. The Morgan fingerprint density at radius 2 is 1.81 bits per heavy atom. The molecule has 3 rings (SSSR count). The van der Waals surface area contributed by atoms with Gasteiger partial charge in [0.1, 0.15) is 11.6 Å². The third-order valence-electron chi connectivity index (χ3n) is 4.08. The van der Waals surface area contributed by atoms with Gasteiger partial charge in [-0.1, -0.05) is 61.3 Å². The van der Waals surface area contributed by atoms with Crippen molar-refractivity contribution in [1.29, 1.82) is 0 Å². The summed E-state index contributed by atoms with van der Waals surface area (Å²) in [6.45, 7) is 7.59. The molecule has 1 aromatic heterocycles. The average molecular weight is 411 g/mol. The summed E-state index contributed by atoms with van der Waals surface area (Å²) >= 11 is 18.5. The van der Waals surface area contributed by atoms with E-state index in [1.807, 2.05) is 13.8 Å². The van der Waals surface area contributed by atoms with Crippen LogP contribution >= 0.6 is 34.8 Å². The maximum atomic E-state index is 13.7. The van der Waals surface area contributed by atoms with Crippen molar-refractivity contribution >= 4 is 51.5 Å². The van der Waals surface area contributed by atoms with Gasteiger partial charge in [-0.2, -0.15) is 0 Å². The maximum absolute atomic E-state index is 13.7. The normalized spacial score (nSPS) is 11.3. The lowest BCUT2D eigenvalue weighted by Crippen LogP contribution is -2.04. The average Bonchev–Trinajstić information content (AvgIpc) is 2.55. The summed E-state index contributed by atoms with van der Waals surface area (Å²) in [6, 6.07) is 7.67. The monoisotopic (exact) mass is 409 g/mol. The molecule has 0 saturated heterocycles. The predicted molar refractivity (Wildman–Crippen MR) is 108 cm³/mol. The topological polar surface area (TPSA) is 33.1 Å². The van der Waals surface area contributed by atoms with Crippen molar-refractivity contribution in [2.45, 2.75) is 19.8 Å². The van der Waals surface area contributed by atoms with Crippen molar-refractivity contribution < 1.29 is 9.50 Å². The highest BCUT2D eigenvalue weighted by Gasteiger charge is 2.22. The molecule has 2 aromatic carbocycles. The van der Waals surface area contributed by atoms with Gasteiger partial charge >= 0.3 is 0 Å². The van der Waals surface area contributed by atoms with Crippen LogP contribution in [0.5, 0.6) is 0 Å². The van der Waals surface area contributed by atoms with Gasteiger partial charge in [0.2, 0.25) is 0 Å². The van der Waals surface area contributed by atoms with Crippen molar-refractivity contribution in [1.82, 2.24) is 4.98 Å². The lowest BCUT2D eigenvalue weighted by atomic mass is 9.90. The molecule has 2 nitrogen and oxygen atoms in total. The van der Waals surface area contributed by atoms with Crippen LogP contribution < -0.4 is 0 Å².